The Hall–Kier alpha value is -1.13. The van der Waals surface area contributed by atoms with Crippen LogP contribution in [0.25, 0.3) is 0 Å². The van der Waals surface area contributed by atoms with Crippen LogP contribution in [0.15, 0.2) is 18.2 Å². The van der Waals surface area contributed by atoms with E-state index in [1.54, 1.807) is 13.2 Å². The molecular weight excluding hydrogens is 255 g/mol. The minimum Gasteiger partial charge on any atom is -0.383 e. The quantitative estimate of drug-likeness (QED) is 0.792. The highest BCUT2D eigenvalue weighted by atomic mass is 19.1. The predicted molar refractivity (Wildman–Crippen MR) is 80.6 cm³/mol. The van der Waals surface area contributed by atoms with Crippen molar-refractivity contribution in [2.45, 2.75) is 45.3 Å². The summed E-state index contributed by atoms with van der Waals surface area (Å²) in [7, 11) is 1.68. The number of ether oxygens (including phenoxy) is 1. The summed E-state index contributed by atoms with van der Waals surface area (Å²) >= 11 is 0. The lowest BCUT2D eigenvalue weighted by Crippen LogP contribution is -2.30. The highest BCUT2D eigenvalue weighted by molar-refractivity contribution is 5.51. The van der Waals surface area contributed by atoms with E-state index in [2.05, 4.69) is 24.1 Å². The van der Waals surface area contributed by atoms with E-state index in [-0.39, 0.29) is 5.82 Å². The molecule has 1 aromatic rings. The second-order valence-electron chi connectivity index (χ2n) is 5.74. The summed E-state index contributed by atoms with van der Waals surface area (Å²) in [6.45, 7) is 6.26. The maximum absolute atomic E-state index is 14.3. The molecule has 0 heterocycles. The number of nitrogens with one attached hydrogen (secondary N) is 1. The zero-order valence-electron chi connectivity index (χ0n) is 12.7. The zero-order chi connectivity index (χ0) is 14.5. The van der Waals surface area contributed by atoms with E-state index in [1.165, 1.54) is 0 Å². The molecule has 1 fully saturated rings. The maximum Gasteiger partial charge on any atom is 0.146 e. The van der Waals surface area contributed by atoms with Crippen molar-refractivity contribution in [3.8, 4) is 0 Å². The van der Waals surface area contributed by atoms with E-state index < -0.39 is 0 Å². The smallest absolute Gasteiger partial charge is 0.146 e. The van der Waals surface area contributed by atoms with Crippen molar-refractivity contribution >= 4 is 5.69 Å². The molecule has 3 nitrogen and oxygen atoms in total. The molecule has 1 aromatic carbocycles. The third-order valence-corrected chi connectivity index (χ3v) is 3.56. The van der Waals surface area contributed by atoms with Crippen LogP contribution in [0.4, 0.5) is 10.1 Å². The van der Waals surface area contributed by atoms with Crippen molar-refractivity contribution in [1.29, 1.82) is 0 Å². The zero-order valence-corrected chi connectivity index (χ0v) is 12.7. The van der Waals surface area contributed by atoms with Crippen molar-refractivity contribution < 1.29 is 9.13 Å². The van der Waals surface area contributed by atoms with Crippen LogP contribution < -0.4 is 10.2 Å². The molecule has 1 N–H and O–H groups in total. The molecule has 1 saturated carbocycles. The Labute approximate surface area is 121 Å². The molecule has 0 saturated heterocycles. The van der Waals surface area contributed by atoms with Gasteiger partial charge in [0.05, 0.1) is 12.3 Å². The first-order valence-corrected chi connectivity index (χ1v) is 7.39. The highest BCUT2D eigenvalue weighted by Gasteiger charge is 2.30. The number of methoxy groups -OCH3 is 1. The molecule has 0 aromatic heterocycles. The molecule has 112 valence electrons. The lowest BCUT2D eigenvalue weighted by molar-refractivity contribution is 0.204. The van der Waals surface area contributed by atoms with Gasteiger partial charge in [-0.3, -0.25) is 0 Å². The van der Waals surface area contributed by atoms with Crippen LogP contribution in [-0.4, -0.2) is 32.3 Å². The summed E-state index contributed by atoms with van der Waals surface area (Å²) in [5.41, 5.74) is 1.69. The van der Waals surface area contributed by atoms with Crippen LogP contribution in [0.5, 0.6) is 0 Å². The Bertz CT molecular complexity index is 432. The second-order valence-corrected chi connectivity index (χ2v) is 5.74. The molecule has 1 aliphatic rings. The van der Waals surface area contributed by atoms with Gasteiger partial charge in [0.1, 0.15) is 5.82 Å². The molecule has 0 radical (unpaired) electrons. The van der Waals surface area contributed by atoms with Gasteiger partial charge in [0.15, 0.2) is 0 Å². The molecule has 20 heavy (non-hydrogen) atoms. The van der Waals surface area contributed by atoms with Gasteiger partial charge in [0.25, 0.3) is 0 Å². The average molecular weight is 280 g/mol. The summed E-state index contributed by atoms with van der Waals surface area (Å²) in [4.78, 5) is 2.14. The van der Waals surface area contributed by atoms with Crippen LogP contribution in [0.3, 0.4) is 0 Å². The van der Waals surface area contributed by atoms with Crippen LogP contribution >= 0.6 is 0 Å². The number of hydrogen-bond acceptors (Lipinski definition) is 3. The van der Waals surface area contributed by atoms with Gasteiger partial charge in [0, 0.05) is 32.3 Å². The Balaban J connectivity index is 2.06. The minimum absolute atomic E-state index is 0.129. The first-order chi connectivity index (χ1) is 9.61. The fourth-order valence-corrected chi connectivity index (χ4v) is 2.29. The number of nitrogens with zero attached hydrogens (tertiary/aromatic N) is 1. The van der Waals surface area contributed by atoms with Gasteiger partial charge < -0.3 is 15.0 Å². The van der Waals surface area contributed by atoms with E-state index in [9.17, 15) is 4.39 Å². The van der Waals surface area contributed by atoms with Crippen LogP contribution in [0.2, 0.25) is 0 Å². The molecule has 0 spiro atoms. The maximum atomic E-state index is 14.3. The fourth-order valence-electron chi connectivity index (χ4n) is 2.29. The van der Waals surface area contributed by atoms with E-state index in [0.717, 1.165) is 24.9 Å². The minimum atomic E-state index is -0.129. The molecule has 4 heteroatoms. The standard InChI is InChI=1S/C16H25FN2O/c1-12(2)18-11-13-4-7-16(15(17)10-13)19(8-9-20-3)14-5-6-14/h4,7,10,12,14,18H,5-6,8-9,11H2,1-3H3. The normalized spacial score (nSPS) is 14.8. The Kier molecular flexibility index (Phi) is 5.38. The van der Waals surface area contributed by atoms with E-state index in [0.29, 0.717) is 30.9 Å². The van der Waals surface area contributed by atoms with Gasteiger partial charge in [-0.1, -0.05) is 19.9 Å². The van der Waals surface area contributed by atoms with Crippen molar-refractivity contribution in [1.82, 2.24) is 5.32 Å². The third-order valence-electron chi connectivity index (χ3n) is 3.56. The second kappa shape index (κ2) is 7.04. The predicted octanol–water partition coefficient (Wildman–Crippen LogP) is 2.94. The van der Waals surface area contributed by atoms with E-state index in [1.807, 2.05) is 12.1 Å². The van der Waals surface area contributed by atoms with E-state index >= 15 is 0 Å². The molecule has 2 rings (SSSR count). The number of halogens is 1. The number of hydrogen-bond donors (Lipinski definition) is 1. The summed E-state index contributed by atoms with van der Waals surface area (Å²) in [5, 5.41) is 3.31. The molecule has 0 amide bonds. The van der Waals surface area contributed by atoms with Crippen molar-refractivity contribution in [2.75, 3.05) is 25.2 Å². The molecule has 1 aliphatic carbocycles. The van der Waals surface area contributed by atoms with E-state index in [4.69, 9.17) is 4.74 Å². The molecule has 0 aliphatic heterocycles. The SMILES string of the molecule is COCCN(c1ccc(CNC(C)C)cc1F)C1CC1. The monoisotopic (exact) mass is 280 g/mol. The van der Waals surface area contributed by atoms with Gasteiger partial charge in [0.2, 0.25) is 0 Å². The Morgan fingerprint density at radius 3 is 2.70 bits per heavy atom. The molecule has 0 unspecified atom stereocenters. The number of benzene rings is 1. The topological polar surface area (TPSA) is 24.5 Å². The number of anilines is 1. The molecule has 0 atom stereocenters. The summed E-state index contributed by atoms with van der Waals surface area (Å²) in [6, 6.07) is 6.45. The van der Waals surface area contributed by atoms with Crippen LogP contribution in [0, 0.1) is 5.82 Å². The highest BCUT2D eigenvalue weighted by Crippen LogP contribution is 2.33. The van der Waals surface area contributed by atoms with Crippen molar-refractivity contribution in [2.24, 2.45) is 0 Å². The summed E-state index contributed by atoms with van der Waals surface area (Å²) < 4.78 is 19.5. The van der Waals surface area contributed by atoms with Crippen LogP contribution in [0.1, 0.15) is 32.3 Å². The lowest BCUT2D eigenvalue weighted by atomic mass is 10.1. The van der Waals surface area contributed by atoms with Crippen LogP contribution in [-0.2, 0) is 11.3 Å². The lowest BCUT2D eigenvalue weighted by Gasteiger charge is -2.25. The van der Waals surface area contributed by atoms with Crippen molar-refractivity contribution in [3.05, 3.63) is 29.6 Å². The third kappa shape index (κ3) is 4.18. The van der Waals surface area contributed by atoms with Crippen molar-refractivity contribution in [3.63, 3.8) is 0 Å². The van der Waals surface area contributed by atoms with Gasteiger partial charge in [-0.2, -0.15) is 0 Å². The fraction of sp³-hybridized carbons (Fsp3) is 0.625. The number of rotatable bonds is 8. The summed E-state index contributed by atoms with van der Waals surface area (Å²) in [5.74, 6) is -0.129. The first kappa shape index (κ1) is 15.3. The van der Waals surface area contributed by atoms with Gasteiger partial charge in [-0.25, -0.2) is 4.39 Å². The molecule has 0 bridgehead atoms. The largest absolute Gasteiger partial charge is 0.383 e. The first-order valence-electron chi connectivity index (χ1n) is 7.39. The average Bonchev–Trinajstić information content (AvgIpc) is 3.23. The Morgan fingerprint density at radius 2 is 2.15 bits per heavy atom. The summed E-state index contributed by atoms with van der Waals surface area (Å²) in [6.07, 6.45) is 2.31. The van der Waals surface area contributed by atoms with Gasteiger partial charge in [-0.05, 0) is 30.5 Å². The van der Waals surface area contributed by atoms with Gasteiger partial charge in [-0.15, -0.1) is 0 Å². The Morgan fingerprint density at radius 1 is 1.40 bits per heavy atom. The van der Waals surface area contributed by atoms with Gasteiger partial charge >= 0.3 is 0 Å². The molecular formula is C16H25FN2O.